The minimum Gasteiger partial charge on any atom is -0.368 e. The van der Waals surface area contributed by atoms with Crippen LogP contribution in [0.1, 0.15) is 65.2 Å². The summed E-state index contributed by atoms with van der Waals surface area (Å²) in [6, 6.07) is 0. The molecule has 0 amide bonds. The second-order valence-electron chi connectivity index (χ2n) is 7.78. The van der Waals surface area contributed by atoms with E-state index in [2.05, 4.69) is 30.9 Å². The van der Waals surface area contributed by atoms with Gasteiger partial charge < -0.3 is 19.3 Å². The summed E-state index contributed by atoms with van der Waals surface area (Å²) < 4.78 is 17.8. The van der Waals surface area contributed by atoms with Crippen molar-refractivity contribution in [3.63, 3.8) is 0 Å². The van der Waals surface area contributed by atoms with Crippen LogP contribution in [0.15, 0.2) is 12.2 Å². The number of aliphatic hydroxyl groups is 1. The summed E-state index contributed by atoms with van der Waals surface area (Å²) >= 11 is 0. The van der Waals surface area contributed by atoms with Gasteiger partial charge in [0.2, 0.25) is 0 Å². The highest BCUT2D eigenvalue weighted by atomic mass is 16.7. The number of hydrogen-bond donors (Lipinski definition) is 1. The minimum absolute atomic E-state index is 0.106. The molecule has 0 aromatic carbocycles. The highest BCUT2D eigenvalue weighted by Crippen LogP contribution is 2.43. The van der Waals surface area contributed by atoms with Gasteiger partial charge in [0.05, 0.1) is 11.7 Å². The van der Waals surface area contributed by atoms with E-state index in [9.17, 15) is 5.11 Å². The van der Waals surface area contributed by atoms with Gasteiger partial charge in [0, 0.05) is 19.4 Å². The highest BCUT2D eigenvalue weighted by molar-refractivity contribution is 5.08. The molecule has 1 saturated carbocycles. The van der Waals surface area contributed by atoms with Crippen molar-refractivity contribution in [3.05, 3.63) is 12.2 Å². The van der Waals surface area contributed by atoms with Crippen molar-refractivity contribution in [2.45, 2.75) is 89.5 Å². The standard InChI is InChI=1S/C21H32O4/c1-3-4-6-12-21(2,25-20-8-5-7-14-23-20)13-11-16-9-10-18-17(16)15-19(22)24-18/h11,13,16-20,22H,5-10,12,14-15H2,1-2H3/b13-11+/t16-,17-,18+,19?,20?,21?/m1/s1. The third-order valence-electron chi connectivity index (χ3n) is 5.78. The summed E-state index contributed by atoms with van der Waals surface area (Å²) in [5, 5.41) is 9.74. The second-order valence-corrected chi connectivity index (χ2v) is 7.78. The van der Waals surface area contributed by atoms with E-state index in [4.69, 9.17) is 14.2 Å². The van der Waals surface area contributed by atoms with Crippen LogP contribution in [0, 0.1) is 23.7 Å². The fraction of sp³-hybridized carbons (Fsp3) is 0.810. The van der Waals surface area contributed by atoms with Gasteiger partial charge in [0.1, 0.15) is 0 Å². The molecule has 0 bridgehead atoms. The number of fused-ring (bicyclic) bond motifs is 1. The van der Waals surface area contributed by atoms with Crippen molar-refractivity contribution >= 4 is 0 Å². The summed E-state index contributed by atoms with van der Waals surface area (Å²) in [6.07, 6.45) is 11.9. The van der Waals surface area contributed by atoms with Gasteiger partial charge in [-0.15, -0.1) is 11.8 Å². The Balaban J connectivity index is 1.64. The summed E-state index contributed by atoms with van der Waals surface area (Å²) in [4.78, 5) is 0. The molecule has 1 aliphatic carbocycles. The van der Waals surface area contributed by atoms with Crippen LogP contribution in [0.2, 0.25) is 0 Å². The third-order valence-corrected chi connectivity index (χ3v) is 5.78. The molecule has 2 heterocycles. The van der Waals surface area contributed by atoms with Crippen LogP contribution in [0.5, 0.6) is 0 Å². The van der Waals surface area contributed by atoms with E-state index in [0.29, 0.717) is 11.8 Å². The number of allylic oxidation sites excluding steroid dienone is 1. The molecule has 0 aromatic heterocycles. The van der Waals surface area contributed by atoms with Crippen molar-refractivity contribution in [3.8, 4) is 11.8 Å². The lowest BCUT2D eigenvalue weighted by atomic mass is 9.90. The first kappa shape index (κ1) is 18.9. The Morgan fingerprint density at radius 3 is 2.92 bits per heavy atom. The van der Waals surface area contributed by atoms with E-state index in [-0.39, 0.29) is 18.0 Å². The third kappa shape index (κ3) is 5.08. The molecule has 3 unspecified atom stereocenters. The molecule has 2 saturated heterocycles. The van der Waals surface area contributed by atoms with Crippen LogP contribution in [-0.2, 0) is 14.2 Å². The maximum absolute atomic E-state index is 9.74. The fourth-order valence-corrected chi connectivity index (χ4v) is 4.33. The molecular weight excluding hydrogens is 316 g/mol. The van der Waals surface area contributed by atoms with Gasteiger partial charge in [-0.3, -0.25) is 0 Å². The number of rotatable bonds is 6. The second kappa shape index (κ2) is 8.68. The molecule has 0 radical (unpaired) electrons. The van der Waals surface area contributed by atoms with E-state index < -0.39 is 6.29 Å². The van der Waals surface area contributed by atoms with Crippen LogP contribution < -0.4 is 0 Å². The van der Waals surface area contributed by atoms with Gasteiger partial charge in [0.25, 0.3) is 0 Å². The molecule has 0 aromatic rings. The van der Waals surface area contributed by atoms with Crippen LogP contribution in [0.3, 0.4) is 0 Å². The quantitative estimate of drug-likeness (QED) is 0.586. The van der Waals surface area contributed by atoms with Crippen molar-refractivity contribution in [2.75, 3.05) is 6.61 Å². The highest BCUT2D eigenvalue weighted by Gasteiger charge is 2.43. The van der Waals surface area contributed by atoms with E-state index >= 15 is 0 Å². The first-order valence-electron chi connectivity index (χ1n) is 9.81. The van der Waals surface area contributed by atoms with Crippen molar-refractivity contribution in [1.29, 1.82) is 0 Å². The zero-order valence-corrected chi connectivity index (χ0v) is 15.6. The predicted octanol–water partition coefficient (Wildman–Crippen LogP) is 3.78. The van der Waals surface area contributed by atoms with Gasteiger partial charge in [-0.25, -0.2) is 0 Å². The Morgan fingerprint density at radius 2 is 2.16 bits per heavy atom. The van der Waals surface area contributed by atoms with E-state index in [1.54, 1.807) is 0 Å². The van der Waals surface area contributed by atoms with Gasteiger partial charge >= 0.3 is 0 Å². The molecule has 25 heavy (non-hydrogen) atoms. The molecular formula is C21H32O4. The lowest BCUT2D eigenvalue weighted by Gasteiger charge is -2.33. The molecule has 0 spiro atoms. The predicted molar refractivity (Wildman–Crippen MR) is 96.6 cm³/mol. The Bertz CT molecular complexity index is 514. The summed E-state index contributed by atoms with van der Waals surface area (Å²) in [5.74, 6) is 7.03. The molecule has 1 N–H and O–H groups in total. The summed E-state index contributed by atoms with van der Waals surface area (Å²) in [6.45, 7) is 4.81. The average molecular weight is 348 g/mol. The number of aliphatic hydroxyl groups excluding tert-OH is 1. The van der Waals surface area contributed by atoms with E-state index in [0.717, 1.165) is 51.6 Å². The Morgan fingerprint density at radius 1 is 1.28 bits per heavy atom. The largest absolute Gasteiger partial charge is 0.368 e. The zero-order valence-electron chi connectivity index (χ0n) is 15.6. The van der Waals surface area contributed by atoms with Gasteiger partial charge in [-0.2, -0.15) is 0 Å². The lowest BCUT2D eigenvalue weighted by molar-refractivity contribution is -0.207. The molecule has 4 nitrogen and oxygen atoms in total. The Labute approximate surface area is 151 Å². The summed E-state index contributed by atoms with van der Waals surface area (Å²) in [5.41, 5.74) is -0.359. The molecule has 3 aliphatic rings. The van der Waals surface area contributed by atoms with E-state index in [1.165, 1.54) is 6.42 Å². The lowest BCUT2D eigenvalue weighted by Crippen LogP contribution is -2.35. The number of ether oxygens (including phenoxy) is 3. The van der Waals surface area contributed by atoms with Crippen LogP contribution in [0.25, 0.3) is 0 Å². The average Bonchev–Trinajstić information content (AvgIpc) is 3.13. The van der Waals surface area contributed by atoms with E-state index in [1.807, 2.05) is 6.92 Å². The summed E-state index contributed by atoms with van der Waals surface area (Å²) in [7, 11) is 0. The smallest absolute Gasteiger partial charge is 0.158 e. The first-order valence-corrected chi connectivity index (χ1v) is 9.81. The molecule has 4 heteroatoms. The van der Waals surface area contributed by atoms with Crippen molar-refractivity contribution in [1.82, 2.24) is 0 Å². The van der Waals surface area contributed by atoms with Gasteiger partial charge in [-0.1, -0.05) is 12.2 Å². The SMILES string of the molecule is CC#CCCC(C)(/C=C/[C@H]1CC[C@@H]2OC(O)C[C@@H]21)OC1CCCCO1. The minimum atomic E-state index is -0.579. The molecule has 6 atom stereocenters. The molecule has 3 fully saturated rings. The maximum Gasteiger partial charge on any atom is 0.158 e. The zero-order chi connectivity index (χ0) is 17.7. The van der Waals surface area contributed by atoms with Crippen LogP contribution in [-0.4, -0.2) is 36.0 Å². The van der Waals surface area contributed by atoms with Gasteiger partial charge in [0.15, 0.2) is 12.6 Å². The fourth-order valence-electron chi connectivity index (χ4n) is 4.33. The Hall–Kier alpha value is -0.860. The van der Waals surface area contributed by atoms with Crippen molar-refractivity contribution in [2.24, 2.45) is 11.8 Å². The molecule has 140 valence electrons. The Kier molecular flexibility index (Phi) is 6.57. The van der Waals surface area contributed by atoms with Crippen LogP contribution in [0.4, 0.5) is 0 Å². The van der Waals surface area contributed by atoms with Gasteiger partial charge in [-0.05, 0) is 64.2 Å². The topological polar surface area (TPSA) is 47.9 Å². The normalized spacial score (nSPS) is 37.5. The monoisotopic (exact) mass is 348 g/mol. The van der Waals surface area contributed by atoms with Crippen molar-refractivity contribution < 1.29 is 19.3 Å². The number of hydrogen-bond acceptors (Lipinski definition) is 4. The molecule has 2 aliphatic heterocycles. The molecule has 3 rings (SSSR count). The maximum atomic E-state index is 9.74. The first-order chi connectivity index (χ1) is 12.1. The van der Waals surface area contributed by atoms with Crippen LogP contribution >= 0.6 is 0 Å².